The molecule has 1 unspecified atom stereocenters. The van der Waals surface area contributed by atoms with E-state index >= 15 is 0 Å². The summed E-state index contributed by atoms with van der Waals surface area (Å²) >= 11 is 13.1. The highest BCUT2D eigenvalue weighted by Crippen LogP contribution is 2.49. The monoisotopic (exact) mass is 493 g/mol. The normalized spacial score (nSPS) is 14.5. The first kappa shape index (κ1) is 25.0. The van der Waals surface area contributed by atoms with E-state index in [1.165, 1.54) is 0 Å². The van der Waals surface area contributed by atoms with Crippen LogP contribution >= 0.6 is 23.2 Å². The highest BCUT2D eigenvalue weighted by molar-refractivity contribution is 6.32. The number of rotatable bonds is 10. The third kappa shape index (κ3) is 5.58. The minimum absolute atomic E-state index is 0.605. The molecule has 0 fully saturated rings. The first-order valence-corrected chi connectivity index (χ1v) is 13.1. The van der Waals surface area contributed by atoms with Crippen LogP contribution < -0.4 is 0 Å². The molecule has 4 heteroatoms. The number of benzene rings is 3. The average molecular weight is 495 g/mol. The second-order valence-corrected chi connectivity index (χ2v) is 9.97. The van der Waals surface area contributed by atoms with Gasteiger partial charge >= 0.3 is 0 Å². The molecule has 4 rings (SSSR count). The van der Waals surface area contributed by atoms with E-state index in [-0.39, 0.29) is 0 Å². The van der Waals surface area contributed by atoms with Gasteiger partial charge in [-0.3, -0.25) is 0 Å². The maximum absolute atomic E-state index is 11.5. The van der Waals surface area contributed by atoms with Gasteiger partial charge < -0.3 is 10.0 Å². The van der Waals surface area contributed by atoms with Crippen LogP contribution in [0.5, 0.6) is 0 Å². The quantitative estimate of drug-likeness (QED) is 0.239. The Morgan fingerprint density at radius 3 is 2.18 bits per heavy atom. The van der Waals surface area contributed by atoms with Gasteiger partial charge in [0.15, 0.2) is 0 Å². The molecule has 34 heavy (non-hydrogen) atoms. The van der Waals surface area contributed by atoms with Crippen LogP contribution in [0.1, 0.15) is 67.9 Å². The van der Waals surface area contributed by atoms with Crippen molar-refractivity contribution in [1.82, 2.24) is 4.90 Å². The number of fused-ring (bicyclic) bond motifs is 3. The third-order valence-electron chi connectivity index (χ3n) is 6.52. The summed E-state index contributed by atoms with van der Waals surface area (Å²) in [5.41, 5.74) is 7.39. The Balaban J connectivity index is 1.79. The van der Waals surface area contributed by atoms with E-state index in [2.05, 4.69) is 43.0 Å². The summed E-state index contributed by atoms with van der Waals surface area (Å²) < 4.78 is 0. The van der Waals surface area contributed by atoms with Crippen LogP contribution in [-0.4, -0.2) is 29.6 Å². The van der Waals surface area contributed by atoms with Crippen LogP contribution in [0.3, 0.4) is 0 Å². The Morgan fingerprint density at radius 2 is 1.50 bits per heavy atom. The van der Waals surface area contributed by atoms with E-state index in [9.17, 15) is 5.11 Å². The number of aliphatic hydroxyl groups is 1. The molecule has 1 atom stereocenters. The van der Waals surface area contributed by atoms with E-state index in [0.29, 0.717) is 16.6 Å². The van der Waals surface area contributed by atoms with Crippen LogP contribution in [-0.2, 0) is 0 Å². The van der Waals surface area contributed by atoms with Gasteiger partial charge in [0, 0.05) is 16.6 Å². The molecule has 0 saturated carbocycles. The predicted octanol–water partition coefficient (Wildman–Crippen LogP) is 8.50. The molecule has 0 spiro atoms. The number of unbranched alkanes of at least 4 members (excludes halogenated alkanes) is 2. The highest BCUT2D eigenvalue weighted by atomic mass is 35.5. The Morgan fingerprint density at radius 1 is 0.824 bits per heavy atom. The second-order valence-electron chi connectivity index (χ2n) is 9.10. The molecular formula is C30H33Cl2NO. The van der Waals surface area contributed by atoms with E-state index in [4.69, 9.17) is 23.2 Å². The maximum atomic E-state index is 11.5. The minimum Gasteiger partial charge on any atom is -0.387 e. The van der Waals surface area contributed by atoms with Crippen molar-refractivity contribution in [2.45, 2.75) is 45.6 Å². The zero-order valence-corrected chi connectivity index (χ0v) is 21.5. The van der Waals surface area contributed by atoms with Crippen molar-refractivity contribution in [3.8, 4) is 11.1 Å². The third-order valence-corrected chi connectivity index (χ3v) is 6.97. The highest BCUT2D eigenvalue weighted by Gasteiger charge is 2.29. The number of aliphatic hydroxyl groups excluding tert-OH is 1. The minimum atomic E-state index is -0.624. The van der Waals surface area contributed by atoms with Gasteiger partial charge in [-0.1, -0.05) is 86.3 Å². The molecule has 1 aliphatic carbocycles. The van der Waals surface area contributed by atoms with Gasteiger partial charge in [0.25, 0.3) is 0 Å². The number of hydrogen-bond donors (Lipinski definition) is 1. The van der Waals surface area contributed by atoms with E-state index in [0.717, 1.165) is 77.7 Å². The molecule has 0 heterocycles. The average Bonchev–Trinajstić information content (AvgIpc) is 3.13. The van der Waals surface area contributed by atoms with Gasteiger partial charge in [0.05, 0.1) is 6.10 Å². The smallest absolute Gasteiger partial charge is 0.0923 e. The lowest BCUT2D eigenvalue weighted by atomic mass is 9.94. The molecule has 0 aromatic heterocycles. The molecule has 0 bridgehead atoms. The Bertz CT molecular complexity index is 1150. The molecular weight excluding hydrogens is 461 g/mol. The molecule has 1 aliphatic rings. The predicted molar refractivity (Wildman–Crippen MR) is 147 cm³/mol. The number of hydrogen-bond acceptors (Lipinski definition) is 2. The van der Waals surface area contributed by atoms with Gasteiger partial charge in [-0.2, -0.15) is 0 Å². The molecule has 0 saturated heterocycles. The van der Waals surface area contributed by atoms with E-state index < -0.39 is 6.10 Å². The lowest BCUT2D eigenvalue weighted by Gasteiger charge is -2.26. The summed E-state index contributed by atoms with van der Waals surface area (Å²) in [5.74, 6) is 0. The van der Waals surface area contributed by atoms with Crippen molar-refractivity contribution in [1.29, 1.82) is 0 Å². The van der Waals surface area contributed by atoms with Crippen molar-refractivity contribution in [2.75, 3.05) is 19.6 Å². The van der Waals surface area contributed by atoms with Crippen LogP contribution in [0.25, 0.3) is 22.8 Å². The van der Waals surface area contributed by atoms with Crippen LogP contribution in [0.4, 0.5) is 0 Å². The van der Waals surface area contributed by atoms with Gasteiger partial charge in [0.1, 0.15) is 0 Å². The molecule has 2 nitrogen and oxygen atoms in total. The first-order valence-electron chi connectivity index (χ1n) is 12.3. The largest absolute Gasteiger partial charge is 0.387 e. The summed E-state index contributed by atoms with van der Waals surface area (Å²) in [4.78, 5) is 2.39. The topological polar surface area (TPSA) is 23.5 Å². The van der Waals surface area contributed by atoms with Crippen molar-refractivity contribution in [3.05, 3.63) is 93.0 Å². The van der Waals surface area contributed by atoms with Gasteiger partial charge in [-0.25, -0.2) is 0 Å². The fraction of sp³-hybridized carbons (Fsp3) is 0.333. The molecule has 0 amide bonds. The van der Waals surface area contributed by atoms with E-state index in [1.807, 2.05) is 42.5 Å². The molecule has 0 aliphatic heterocycles. The van der Waals surface area contributed by atoms with Crippen molar-refractivity contribution < 1.29 is 5.11 Å². The molecule has 0 radical (unpaired) electrons. The van der Waals surface area contributed by atoms with E-state index in [1.54, 1.807) is 0 Å². The van der Waals surface area contributed by atoms with Gasteiger partial charge in [-0.05, 0) is 95.2 Å². The summed E-state index contributed by atoms with van der Waals surface area (Å²) in [7, 11) is 0. The SMILES string of the molecule is CCCCN(CCCC)CC(O)c1cc(Cl)cc2c1-c1ccc(Cl)cc1/C2=C/c1ccccc1. The molecule has 3 aromatic carbocycles. The summed E-state index contributed by atoms with van der Waals surface area (Å²) in [6, 6.07) is 20.2. The fourth-order valence-electron chi connectivity index (χ4n) is 4.78. The summed E-state index contributed by atoms with van der Waals surface area (Å²) in [6.45, 7) is 7.03. The standard InChI is InChI=1S/C30H33Cl2NO/c1-3-5-14-33(15-6-4-2)20-29(34)28-19-23(32)18-27-25(16-21-10-8-7-9-11-21)26-17-22(31)12-13-24(26)30(27)28/h7-13,16-19,29,34H,3-6,14-15,20H2,1-2H3/b25-16-. The van der Waals surface area contributed by atoms with Crippen LogP contribution in [0.2, 0.25) is 10.0 Å². The second kappa shape index (κ2) is 11.6. The van der Waals surface area contributed by atoms with Gasteiger partial charge in [-0.15, -0.1) is 0 Å². The zero-order valence-electron chi connectivity index (χ0n) is 20.0. The maximum Gasteiger partial charge on any atom is 0.0923 e. The summed E-state index contributed by atoms with van der Waals surface area (Å²) in [5, 5.41) is 12.8. The van der Waals surface area contributed by atoms with Crippen molar-refractivity contribution in [3.63, 3.8) is 0 Å². The number of halogens is 2. The van der Waals surface area contributed by atoms with Crippen molar-refractivity contribution in [2.24, 2.45) is 0 Å². The number of nitrogens with zero attached hydrogens (tertiary/aromatic N) is 1. The summed E-state index contributed by atoms with van der Waals surface area (Å²) in [6.07, 6.45) is 6.12. The van der Waals surface area contributed by atoms with Crippen LogP contribution in [0, 0.1) is 0 Å². The molecule has 3 aromatic rings. The zero-order chi connectivity index (χ0) is 24.1. The first-order chi connectivity index (χ1) is 16.5. The lowest BCUT2D eigenvalue weighted by molar-refractivity contribution is 0.111. The Kier molecular flexibility index (Phi) is 8.50. The van der Waals surface area contributed by atoms with Crippen LogP contribution in [0.15, 0.2) is 60.7 Å². The lowest BCUT2D eigenvalue weighted by Crippen LogP contribution is -2.31. The van der Waals surface area contributed by atoms with Gasteiger partial charge in [0.2, 0.25) is 0 Å². The molecule has 178 valence electrons. The Hall–Kier alpha value is -2.10. The van der Waals surface area contributed by atoms with Crippen molar-refractivity contribution >= 4 is 34.9 Å². The fourth-order valence-corrected chi connectivity index (χ4v) is 5.18. The molecule has 1 N–H and O–H groups in total. The Labute approximate surface area is 213 Å².